The third kappa shape index (κ3) is 2.69. The minimum absolute atomic E-state index is 0.0739. The van der Waals surface area contributed by atoms with Crippen LogP contribution >= 0.6 is 27.3 Å². The molecule has 0 aliphatic carbocycles. The molecule has 0 aliphatic heterocycles. The van der Waals surface area contributed by atoms with Crippen LogP contribution in [0.4, 0.5) is 5.13 Å². The standard InChI is InChI=1S/C6H10BrN3OS/c1-2-4(3-11)8-6-10-9-5(7)12-6/h4,11H,2-3H2,1H3,(H,8,10). The molecule has 6 heteroatoms. The second-order valence-electron chi connectivity index (χ2n) is 2.29. The molecule has 12 heavy (non-hydrogen) atoms. The van der Waals surface area contributed by atoms with Crippen LogP contribution in [0.3, 0.4) is 0 Å². The van der Waals surface area contributed by atoms with Crippen molar-refractivity contribution in [3.8, 4) is 0 Å². The van der Waals surface area contributed by atoms with Crippen LogP contribution in [0.15, 0.2) is 3.92 Å². The molecule has 2 N–H and O–H groups in total. The number of rotatable bonds is 4. The zero-order chi connectivity index (χ0) is 8.97. The van der Waals surface area contributed by atoms with Crippen molar-refractivity contribution < 1.29 is 5.11 Å². The smallest absolute Gasteiger partial charge is 0.206 e. The third-order valence-electron chi connectivity index (χ3n) is 1.44. The zero-order valence-electron chi connectivity index (χ0n) is 6.62. The van der Waals surface area contributed by atoms with Gasteiger partial charge in [0, 0.05) is 0 Å². The number of aliphatic hydroxyl groups excluding tert-OH is 1. The van der Waals surface area contributed by atoms with Crippen LogP contribution in [-0.2, 0) is 0 Å². The summed E-state index contributed by atoms with van der Waals surface area (Å²) >= 11 is 4.63. The van der Waals surface area contributed by atoms with Crippen LogP contribution in [0.2, 0.25) is 0 Å². The molecular weight excluding hydrogens is 242 g/mol. The highest BCUT2D eigenvalue weighted by molar-refractivity contribution is 9.11. The van der Waals surface area contributed by atoms with Crippen molar-refractivity contribution in [1.29, 1.82) is 0 Å². The third-order valence-corrected chi connectivity index (χ3v) is 2.73. The van der Waals surface area contributed by atoms with E-state index in [9.17, 15) is 0 Å². The molecule has 68 valence electrons. The molecule has 0 fully saturated rings. The number of anilines is 1. The van der Waals surface area contributed by atoms with Gasteiger partial charge < -0.3 is 10.4 Å². The molecule has 1 unspecified atom stereocenters. The normalized spacial score (nSPS) is 12.9. The van der Waals surface area contributed by atoms with Crippen LogP contribution < -0.4 is 5.32 Å². The van der Waals surface area contributed by atoms with Gasteiger partial charge in [-0.2, -0.15) is 0 Å². The topological polar surface area (TPSA) is 58.0 Å². The maximum absolute atomic E-state index is 8.88. The fourth-order valence-corrected chi connectivity index (χ4v) is 1.80. The SMILES string of the molecule is CCC(CO)Nc1nnc(Br)s1. The number of aromatic nitrogens is 2. The quantitative estimate of drug-likeness (QED) is 0.852. The summed E-state index contributed by atoms with van der Waals surface area (Å²) in [4.78, 5) is 0. The van der Waals surface area contributed by atoms with E-state index in [1.54, 1.807) is 0 Å². The number of hydrogen-bond acceptors (Lipinski definition) is 5. The molecule has 4 nitrogen and oxygen atoms in total. The Morgan fingerprint density at radius 1 is 1.67 bits per heavy atom. The van der Waals surface area contributed by atoms with E-state index in [-0.39, 0.29) is 12.6 Å². The van der Waals surface area contributed by atoms with Gasteiger partial charge in [-0.15, -0.1) is 10.2 Å². The first-order valence-electron chi connectivity index (χ1n) is 3.62. The van der Waals surface area contributed by atoms with E-state index in [2.05, 4.69) is 31.4 Å². The van der Waals surface area contributed by atoms with Crippen LogP contribution in [0, 0.1) is 0 Å². The Hall–Kier alpha value is -0.200. The lowest BCUT2D eigenvalue weighted by Crippen LogP contribution is -2.22. The molecule has 0 saturated carbocycles. The summed E-state index contributed by atoms with van der Waals surface area (Å²) in [5, 5.41) is 20.3. The summed E-state index contributed by atoms with van der Waals surface area (Å²) in [6, 6.07) is 0.0739. The summed E-state index contributed by atoms with van der Waals surface area (Å²) in [5.41, 5.74) is 0. The number of hydrogen-bond donors (Lipinski definition) is 2. The van der Waals surface area contributed by atoms with E-state index in [0.29, 0.717) is 0 Å². The molecular formula is C6H10BrN3OS. The summed E-state index contributed by atoms with van der Waals surface area (Å²) < 4.78 is 0.748. The summed E-state index contributed by atoms with van der Waals surface area (Å²) in [7, 11) is 0. The minimum Gasteiger partial charge on any atom is -0.394 e. The predicted molar refractivity (Wildman–Crippen MR) is 52.4 cm³/mol. The van der Waals surface area contributed by atoms with Crippen molar-refractivity contribution in [3.05, 3.63) is 3.92 Å². The molecule has 0 bridgehead atoms. The van der Waals surface area contributed by atoms with Gasteiger partial charge in [0.25, 0.3) is 0 Å². The minimum atomic E-state index is 0.0739. The van der Waals surface area contributed by atoms with Gasteiger partial charge >= 0.3 is 0 Å². The first kappa shape index (κ1) is 9.88. The highest BCUT2D eigenvalue weighted by Gasteiger charge is 2.07. The van der Waals surface area contributed by atoms with E-state index >= 15 is 0 Å². The molecule has 0 amide bonds. The van der Waals surface area contributed by atoms with Crippen molar-refractivity contribution in [1.82, 2.24) is 10.2 Å². The van der Waals surface area contributed by atoms with Crippen LogP contribution in [0.1, 0.15) is 13.3 Å². The van der Waals surface area contributed by atoms with Crippen molar-refractivity contribution >= 4 is 32.4 Å². The molecule has 0 spiro atoms. The number of nitrogens with zero attached hydrogens (tertiary/aromatic N) is 2. The van der Waals surface area contributed by atoms with Gasteiger partial charge in [0.15, 0.2) is 3.92 Å². The molecule has 0 radical (unpaired) electrons. The Morgan fingerprint density at radius 2 is 2.42 bits per heavy atom. The molecule has 1 aromatic heterocycles. The van der Waals surface area contributed by atoms with Crippen molar-refractivity contribution in [2.75, 3.05) is 11.9 Å². The van der Waals surface area contributed by atoms with E-state index in [4.69, 9.17) is 5.11 Å². The Kier molecular flexibility index (Phi) is 3.90. The summed E-state index contributed by atoms with van der Waals surface area (Å²) in [5.74, 6) is 0. The second kappa shape index (κ2) is 4.74. The molecule has 0 saturated heterocycles. The Bertz CT molecular complexity index is 238. The van der Waals surface area contributed by atoms with Gasteiger partial charge in [-0.05, 0) is 22.4 Å². The highest BCUT2D eigenvalue weighted by Crippen LogP contribution is 2.20. The lowest BCUT2D eigenvalue weighted by Gasteiger charge is -2.11. The van der Waals surface area contributed by atoms with Crippen molar-refractivity contribution in [2.45, 2.75) is 19.4 Å². The van der Waals surface area contributed by atoms with Gasteiger partial charge in [-0.3, -0.25) is 0 Å². The van der Waals surface area contributed by atoms with Crippen LogP contribution in [0.25, 0.3) is 0 Å². The van der Waals surface area contributed by atoms with Gasteiger partial charge in [0.2, 0.25) is 5.13 Å². The summed E-state index contributed by atoms with van der Waals surface area (Å²) in [6.07, 6.45) is 0.869. The largest absolute Gasteiger partial charge is 0.394 e. The van der Waals surface area contributed by atoms with Gasteiger partial charge in [-0.25, -0.2) is 0 Å². The van der Waals surface area contributed by atoms with E-state index in [0.717, 1.165) is 15.5 Å². The van der Waals surface area contributed by atoms with Crippen molar-refractivity contribution in [2.24, 2.45) is 0 Å². The Morgan fingerprint density at radius 3 is 2.83 bits per heavy atom. The number of aliphatic hydroxyl groups is 1. The fraction of sp³-hybridized carbons (Fsp3) is 0.667. The van der Waals surface area contributed by atoms with E-state index < -0.39 is 0 Å². The fourth-order valence-electron chi connectivity index (χ4n) is 0.715. The van der Waals surface area contributed by atoms with Gasteiger partial charge in [0.1, 0.15) is 0 Å². The van der Waals surface area contributed by atoms with Crippen LogP contribution in [0.5, 0.6) is 0 Å². The lowest BCUT2D eigenvalue weighted by atomic mass is 10.2. The number of halogens is 1. The molecule has 1 aromatic rings. The Balaban J connectivity index is 2.50. The predicted octanol–water partition coefficient (Wildman–Crippen LogP) is 1.48. The average Bonchev–Trinajstić information content (AvgIpc) is 2.47. The molecule has 1 atom stereocenters. The second-order valence-corrected chi connectivity index (χ2v) is 4.55. The van der Waals surface area contributed by atoms with Gasteiger partial charge in [-0.1, -0.05) is 18.3 Å². The van der Waals surface area contributed by atoms with Crippen LogP contribution in [-0.4, -0.2) is 28.0 Å². The summed E-state index contributed by atoms with van der Waals surface area (Å²) in [6.45, 7) is 2.12. The van der Waals surface area contributed by atoms with E-state index in [1.165, 1.54) is 11.3 Å². The monoisotopic (exact) mass is 251 g/mol. The maximum Gasteiger partial charge on any atom is 0.206 e. The molecule has 1 heterocycles. The zero-order valence-corrected chi connectivity index (χ0v) is 9.02. The first-order valence-corrected chi connectivity index (χ1v) is 5.23. The van der Waals surface area contributed by atoms with E-state index in [1.807, 2.05) is 6.92 Å². The lowest BCUT2D eigenvalue weighted by molar-refractivity contribution is 0.272. The van der Waals surface area contributed by atoms with Crippen molar-refractivity contribution in [3.63, 3.8) is 0 Å². The average molecular weight is 252 g/mol. The highest BCUT2D eigenvalue weighted by atomic mass is 79.9. The first-order chi connectivity index (χ1) is 5.76. The van der Waals surface area contributed by atoms with Gasteiger partial charge in [0.05, 0.1) is 12.6 Å². The number of nitrogens with one attached hydrogen (secondary N) is 1. The molecule has 0 aliphatic rings. The molecule has 0 aromatic carbocycles. The maximum atomic E-state index is 8.88. The molecule has 1 rings (SSSR count). The Labute approximate surface area is 83.2 Å².